The average Bonchev–Trinajstić information content (AvgIpc) is 1.98. The molecule has 0 aromatic carbocycles. The lowest BCUT2D eigenvalue weighted by atomic mass is 10.2. The molecule has 4 nitrogen and oxygen atoms in total. The quantitative estimate of drug-likeness (QED) is 0.555. The molecule has 1 aromatic heterocycles. The maximum Gasteiger partial charge on any atom is 0.707 e. The van der Waals surface area contributed by atoms with Gasteiger partial charge in [-0.3, -0.25) is 0 Å². The minimum Gasteiger partial charge on any atom is -0.511 e. The second-order valence-corrected chi connectivity index (χ2v) is 2.59. The summed E-state index contributed by atoms with van der Waals surface area (Å²) >= 11 is 11.1. The van der Waals surface area contributed by atoms with Crippen molar-refractivity contribution in [3.05, 3.63) is 22.4 Å². The Morgan fingerprint density at radius 1 is 1.42 bits per heavy atom. The van der Waals surface area contributed by atoms with E-state index in [2.05, 4.69) is 9.64 Å². The molecular formula is C5H4BCl2NO3. The first kappa shape index (κ1) is 9.60. The van der Waals surface area contributed by atoms with E-state index < -0.39 is 7.32 Å². The van der Waals surface area contributed by atoms with Gasteiger partial charge in [0.25, 0.3) is 0 Å². The van der Waals surface area contributed by atoms with Gasteiger partial charge in [-0.15, -0.1) is 0 Å². The number of rotatable bonds is 2. The smallest absolute Gasteiger partial charge is 0.511 e. The van der Waals surface area contributed by atoms with E-state index in [1.807, 2.05) is 0 Å². The molecule has 0 aliphatic carbocycles. The molecule has 0 radical (unpaired) electrons. The second kappa shape index (κ2) is 3.95. The minimum absolute atomic E-state index is 0.0484. The Kier molecular flexibility index (Phi) is 3.16. The molecule has 1 heterocycles. The number of nitrogens with zero attached hydrogens (tertiary/aromatic N) is 1. The van der Waals surface area contributed by atoms with Crippen LogP contribution in [0.25, 0.3) is 0 Å². The maximum absolute atomic E-state index is 8.43. The largest absolute Gasteiger partial charge is 0.707 e. The Morgan fingerprint density at radius 2 is 2.08 bits per heavy atom. The molecule has 0 bridgehead atoms. The summed E-state index contributed by atoms with van der Waals surface area (Å²) in [5.41, 5.74) is 0. The van der Waals surface area contributed by atoms with Crippen molar-refractivity contribution in [2.24, 2.45) is 0 Å². The van der Waals surface area contributed by atoms with Crippen molar-refractivity contribution >= 4 is 30.5 Å². The van der Waals surface area contributed by atoms with Crippen LogP contribution in [0.3, 0.4) is 0 Å². The predicted molar refractivity (Wildman–Crippen MR) is 45.1 cm³/mol. The summed E-state index contributed by atoms with van der Waals surface area (Å²) in [6.07, 6.45) is 1.34. The van der Waals surface area contributed by atoms with Gasteiger partial charge in [-0.1, -0.05) is 23.2 Å². The van der Waals surface area contributed by atoms with Gasteiger partial charge >= 0.3 is 7.32 Å². The van der Waals surface area contributed by atoms with E-state index in [1.54, 1.807) is 0 Å². The van der Waals surface area contributed by atoms with Crippen LogP contribution in [-0.4, -0.2) is 22.4 Å². The molecule has 0 aliphatic heterocycles. The zero-order valence-electron chi connectivity index (χ0n) is 5.74. The van der Waals surface area contributed by atoms with Crippen LogP contribution in [0.4, 0.5) is 0 Å². The van der Waals surface area contributed by atoms with Crippen LogP contribution in [0.2, 0.25) is 10.2 Å². The molecular weight excluding hydrogens is 204 g/mol. The highest BCUT2D eigenvalue weighted by Crippen LogP contribution is 2.29. The monoisotopic (exact) mass is 207 g/mol. The first-order valence-electron chi connectivity index (χ1n) is 2.94. The van der Waals surface area contributed by atoms with E-state index in [1.165, 1.54) is 12.3 Å². The Bertz CT molecular complexity index is 283. The van der Waals surface area contributed by atoms with Crippen LogP contribution in [0.5, 0.6) is 5.75 Å². The summed E-state index contributed by atoms with van der Waals surface area (Å²) in [7, 11) is -1.92. The van der Waals surface area contributed by atoms with Crippen molar-refractivity contribution in [2.75, 3.05) is 0 Å². The predicted octanol–water partition coefficient (Wildman–Crippen LogP) is 0.737. The Balaban J connectivity index is 2.92. The van der Waals surface area contributed by atoms with Gasteiger partial charge in [-0.05, 0) is 6.07 Å². The zero-order chi connectivity index (χ0) is 9.14. The number of halogens is 2. The molecule has 0 fully saturated rings. The number of aromatic nitrogens is 1. The second-order valence-electron chi connectivity index (χ2n) is 1.86. The first-order valence-corrected chi connectivity index (χ1v) is 3.69. The van der Waals surface area contributed by atoms with E-state index in [-0.39, 0.29) is 15.9 Å². The Labute approximate surface area is 78.9 Å². The Morgan fingerprint density at radius 3 is 2.67 bits per heavy atom. The lowest BCUT2D eigenvalue weighted by molar-refractivity contribution is 0.288. The SMILES string of the molecule is OB(O)Oc1ccnc(Cl)c1Cl. The summed E-state index contributed by atoms with van der Waals surface area (Å²) < 4.78 is 4.48. The van der Waals surface area contributed by atoms with Gasteiger partial charge < -0.3 is 14.7 Å². The molecule has 0 aliphatic rings. The normalized spacial score (nSPS) is 9.67. The summed E-state index contributed by atoms with van der Waals surface area (Å²) in [5, 5.41) is 17.0. The van der Waals surface area contributed by atoms with Gasteiger partial charge in [0.2, 0.25) is 0 Å². The van der Waals surface area contributed by atoms with E-state index in [9.17, 15) is 0 Å². The molecule has 0 amide bonds. The van der Waals surface area contributed by atoms with Crippen molar-refractivity contribution in [3.63, 3.8) is 0 Å². The fourth-order valence-electron chi connectivity index (χ4n) is 0.606. The summed E-state index contributed by atoms with van der Waals surface area (Å²) in [6, 6.07) is 1.37. The van der Waals surface area contributed by atoms with E-state index in [0.29, 0.717) is 0 Å². The third kappa shape index (κ3) is 2.25. The Hall–Kier alpha value is -0.485. The zero-order valence-corrected chi connectivity index (χ0v) is 7.25. The van der Waals surface area contributed by atoms with Crippen LogP contribution >= 0.6 is 23.2 Å². The van der Waals surface area contributed by atoms with Crippen molar-refractivity contribution in [3.8, 4) is 5.75 Å². The summed E-state index contributed by atoms with van der Waals surface area (Å²) in [4.78, 5) is 3.64. The molecule has 0 saturated heterocycles. The standard InChI is InChI=1S/C5H4BCl2NO3/c7-4-3(12-6(10)11)1-2-9-5(4)8/h1-2,10-11H. The third-order valence-electron chi connectivity index (χ3n) is 1.04. The van der Waals surface area contributed by atoms with Gasteiger partial charge in [0.15, 0.2) is 5.15 Å². The molecule has 0 spiro atoms. The lowest BCUT2D eigenvalue weighted by Crippen LogP contribution is -2.20. The van der Waals surface area contributed by atoms with E-state index >= 15 is 0 Å². The average molecular weight is 208 g/mol. The van der Waals surface area contributed by atoms with E-state index in [4.69, 9.17) is 33.2 Å². The highest BCUT2D eigenvalue weighted by molar-refractivity contribution is 6.42. The first-order chi connectivity index (χ1) is 5.61. The van der Waals surface area contributed by atoms with E-state index in [0.717, 1.165) is 0 Å². The van der Waals surface area contributed by atoms with Gasteiger partial charge in [-0.25, -0.2) is 4.98 Å². The van der Waals surface area contributed by atoms with Crippen LogP contribution in [0, 0.1) is 0 Å². The number of hydrogen-bond donors (Lipinski definition) is 2. The molecule has 0 saturated carbocycles. The molecule has 0 unspecified atom stereocenters. The molecule has 7 heteroatoms. The molecule has 2 N–H and O–H groups in total. The highest BCUT2D eigenvalue weighted by Gasteiger charge is 2.15. The van der Waals surface area contributed by atoms with Crippen LogP contribution in [-0.2, 0) is 0 Å². The van der Waals surface area contributed by atoms with Crippen molar-refractivity contribution in [1.82, 2.24) is 4.98 Å². The van der Waals surface area contributed by atoms with Crippen LogP contribution < -0.4 is 4.65 Å². The van der Waals surface area contributed by atoms with Gasteiger partial charge in [-0.2, -0.15) is 0 Å². The van der Waals surface area contributed by atoms with Crippen molar-refractivity contribution in [1.29, 1.82) is 0 Å². The summed E-state index contributed by atoms with van der Waals surface area (Å²) in [5.74, 6) is 0.0756. The van der Waals surface area contributed by atoms with Crippen LogP contribution in [0.15, 0.2) is 12.3 Å². The third-order valence-corrected chi connectivity index (χ3v) is 1.79. The highest BCUT2D eigenvalue weighted by atomic mass is 35.5. The fourth-order valence-corrected chi connectivity index (χ4v) is 0.912. The molecule has 1 rings (SSSR count). The van der Waals surface area contributed by atoms with Crippen molar-refractivity contribution < 1.29 is 14.7 Å². The topological polar surface area (TPSA) is 62.6 Å². The van der Waals surface area contributed by atoms with Gasteiger partial charge in [0.1, 0.15) is 10.8 Å². The van der Waals surface area contributed by atoms with Gasteiger partial charge in [0.05, 0.1) is 0 Å². The molecule has 1 aromatic rings. The fraction of sp³-hybridized carbons (Fsp3) is 0. The molecule has 0 atom stereocenters. The van der Waals surface area contributed by atoms with Gasteiger partial charge in [0, 0.05) is 6.20 Å². The van der Waals surface area contributed by atoms with Crippen molar-refractivity contribution in [2.45, 2.75) is 0 Å². The molecule has 64 valence electrons. The number of pyridine rings is 1. The van der Waals surface area contributed by atoms with Crippen LogP contribution in [0.1, 0.15) is 0 Å². The number of hydrogen-bond acceptors (Lipinski definition) is 4. The lowest BCUT2D eigenvalue weighted by Gasteiger charge is -2.05. The molecule has 12 heavy (non-hydrogen) atoms. The maximum atomic E-state index is 8.43. The summed E-state index contributed by atoms with van der Waals surface area (Å²) in [6.45, 7) is 0. The minimum atomic E-state index is -1.92.